The van der Waals surface area contributed by atoms with E-state index in [2.05, 4.69) is 15.6 Å². The summed E-state index contributed by atoms with van der Waals surface area (Å²) in [4.78, 5) is 15.5. The molecule has 0 spiro atoms. The number of pyridine rings is 1. The molecule has 1 atom stereocenters. The number of rotatable bonds is 5. The second-order valence-corrected chi connectivity index (χ2v) is 6.86. The number of hydrogen-bond donors (Lipinski definition) is 2. The van der Waals surface area contributed by atoms with Crippen molar-refractivity contribution < 1.29 is 13.2 Å². The van der Waals surface area contributed by atoms with Crippen LogP contribution in [0.4, 0.5) is 0 Å². The molecule has 6 nitrogen and oxygen atoms in total. The van der Waals surface area contributed by atoms with Crippen LogP contribution in [0.15, 0.2) is 24.5 Å². The van der Waals surface area contributed by atoms with Crippen LogP contribution >= 0.6 is 0 Å². The summed E-state index contributed by atoms with van der Waals surface area (Å²) in [6.07, 6.45) is 3.90. The fraction of sp³-hybridized carbons (Fsp3) is 0.500. The van der Waals surface area contributed by atoms with Gasteiger partial charge in [-0.2, -0.15) is 0 Å². The highest BCUT2D eigenvalue weighted by Gasteiger charge is 2.28. The van der Waals surface area contributed by atoms with E-state index in [1.807, 2.05) is 12.1 Å². The molecule has 1 fully saturated rings. The second-order valence-electron chi connectivity index (χ2n) is 4.63. The van der Waals surface area contributed by atoms with E-state index >= 15 is 0 Å². The van der Waals surface area contributed by atoms with Gasteiger partial charge in [0.05, 0.1) is 18.1 Å². The van der Waals surface area contributed by atoms with E-state index in [0.717, 1.165) is 5.56 Å². The van der Waals surface area contributed by atoms with Gasteiger partial charge in [-0.05, 0) is 24.1 Å². The zero-order chi connectivity index (χ0) is 13.7. The smallest absolute Gasteiger partial charge is 0.234 e. The highest BCUT2D eigenvalue weighted by Crippen LogP contribution is 2.10. The van der Waals surface area contributed by atoms with Crippen molar-refractivity contribution in [3.63, 3.8) is 0 Å². The molecule has 0 radical (unpaired) electrons. The molecule has 1 aromatic heterocycles. The molecule has 1 unspecified atom stereocenters. The van der Waals surface area contributed by atoms with Gasteiger partial charge in [0, 0.05) is 25.0 Å². The predicted octanol–water partition coefficient (Wildman–Crippen LogP) is -0.525. The van der Waals surface area contributed by atoms with Crippen molar-refractivity contribution in [2.75, 3.05) is 18.1 Å². The Hall–Kier alpha value is -1.47. The fourth-order valence-electron chi connectivity index (χ4n) is 2.01. The Morgan fingerprint density at radius 2 is 2.11 bits per heavy atom. The summed E-state index contributed by atoms with van der Waals surface area (Å²) in [5.41, 5.74) is 1.05. The van der Waals surface area contributed by atoms with Crippen LogP contribution < -0.4 is 10.6 Å². The molecule has 0 saturated carbocycles. The molecule has 104 valence electrons. The van der Waals surface area contributed by atoms with Gasteiger partial charge in [0.1, 0.15) is 0 Å². The lowest BCUT2D eigenvalue weighted by molar-refractivity contribution is -0.120. The summed E-state index contributed by atoms with van der Waals surface area (Å²) in [7, 11) is -2.95. The monoisotopic (exact) mass is 283 g/mol. The molecule has 19 heavy (non-hydrogen) atoms. The third-order valence-corrected chi connectivity index (χ3v) is 4.73. The third-order valence-electron chi connectivity index (χ3n) is 2.96. The van der Waals surface area contributed by atoms with Crippen LogP contribution in [0.5, 0.6) is 0 Å². The van der Waals surface area contributed by atoms with E-state index < -0.39 is 9.84 Å². The van der Waals surface area contributed by atoms with Crippen LogP contribution in [0.25, 0.3) is 0 Å². The number of carbonyl (C=O) groups is 1. The average Bonchev–Trinajstić information content (AvgIpc) is 2.70. The van der Waals surface area contributed by atoms with Gasteiger partial charge in [-0.15, -0.1) is 0 Å². The number of sulfone groups is 1. The van der Waals surface area contributed by atoms with E-state index in [-0.39, 0.29) is 30.0 Å². The molecule has 0 aliphatic carbocycles. The lowest BCUT2D eigenvalue weighted by atomic mass is 10.2. The van der Waals surface area contributed by atoms with Crippen LogP contribution in [0.1, 0.15) is 12.0 Å². The number of aromatic nitrogens is 1. The maximum atomic E-state index is 11.6. The first-order chi connectivity index (χ1) is 9.05. The standard InChI is InChI=1S/C12H17N3O3S/c16-12(15-11-3-6-19(17,18)9-11)8-14-7-10-1-4-13-5-2-10/h1-2,4-5,11,14H,3,6-9H2,(H,15,16). The fourth-order valence-corrected chi connectivity index (χ4v) is 3.68. The summed E-state index contributed by atoms with van der Waals surface area (Å²) < 4.78 is 22.5. The summed E-state index contributed by atoms with van der Waals surface area (Å²) >= 11 is 0. The highest BCUT2D eigenvalue weighted by molar-refractivity contribution is 7.91. The molecule has 1 aliphatic heterocycles. The molecule has 0 aromatic carbocycles. The van der Waals surface area contributed by atoms with Gasteiger partial charge in [-0.25, -0.2) is 8.42 Å². The van der Waals surface area contributed by atoms with Crippen molar-refractivity contribution >= 4 is 15.7 Å². The van der Waals surface area contributed by atoms with Crippen LogP contribution in [-0.4, -0.2) is 43.4 Å². The van der Waals surface area contributed by atoms with Crippen molar-refractivity contribution in [1.29, 1.82) is 0 Å². The molecule has 1 amide bonds. The maximum absolute atomic E-state index is 11.6. The van der Waals surface area contributed by atoms with E-state index in [1.54, 1.807) is 12.4 Å². The van der Waals surface area contributed by atoms with Crippen molar-refractivity contribution in [1.82, 2.24) is 15.6 Å². The van der Waals surface area contributed by atoms with Crippen molar-refractivity contribution in [3.05, 3.63) is 30.1 Å². The van der Waals surface area contributed by atoms with Crippen LogP contribution in [-0.2, 0) is 21.2 Å². The Bertz CT molecular complexity index is 530. The largest absolute Gasteiger partial charge is 0.351 e. The van der Waals surface area contributed by atoms with Crippen molar-refractivity contribution in [3.8, 4) is 0 Å². The quantitative estimate of drug-likeness (QED) is 0.759. The zero-order valence-electron chi connectivity index (χ0n) is 10.5. The number of nitrogens with zero attached hydrogens (tertiary/aromatic N) is 1. The van der Waals surface area contributed by atoms with Gasteiger partial charge in [0.15, 0.2) is 9.84 Å². The minimum absolute atomic E-state index is 0.0586. The number of amides is 1. The van der Waals surface area contributed by atoms with Crippen LogP contribution in [0.2, 0.25) is 0 Å². The van der Waals surface area contributed by atoms with Crippen molar-refractivity contribution in [2.24, 2.45) is 0 Å². The molecule has 1 aliphatic rings. The SMILES string of the molecule is O=C(CNCc1ccncc1)NC1CCS(=O)(=O)C1. The molecule has 1 saturated heterocycles. The number of nitrogens with one attached hydrogen (secondary N) is 2. The minimum atomic E-state index is -2.95. The lowest BCUT2D eigenvalue weighted by Crippen LogP contribution is -2.40. The van der Waals surface area contributed by atoms with Gasteiger partial charge >= 0.3 is 0 Å². The minimum Gasteiger partial charge on any atom is -0.351 e. The first-order valence-corrected chi connectivity index (χ1v) is 7.97. The first-order valence-electron chi connectivity index (χ1n) is 6.14. The summed E-state index contributed by atoms with van der Waals surface area (Å²) in [5.74, 6) is 0.0574. The predicted molar refractivity (Wildman–Crippen MR) is 71.1 cm³/mol. The molecule has 1 aromatic rings. The third kappa shape index (κ3) is 4.60. The Morgan fingerprint density at radius 3 is 2.74 bits per heavy atom. The Labute approximate surface area is 112 Å². The molecular formula is C12H17N3O3S. The Morgan fingerprint density at radius 1 is 1.37 bits per heavy atom. The molecule has 0 bridgehead atoms. The van der Waals surface area contributed by atoms with E-state index in [9.17, 15) is 13.2 Å². The van der Waals surface area contributed by atoms with Crippen molar-refractivity contribution in [2.45, 2.75) is 19.0 Å². The lowest BCUT2D eigenvalue weighted by Gasteiger charge is -2.11. The van der Waals surface area contributed by atoms with Gasteiger partial charge in [0.2, 0.25) is 5.91 Å². The maximum Gasteiger partial charge on any atom is 0.234 e. The molecular weight excluding hydrogens is 266 g/mol. The first kappa shape index (κ1) is 14.0. The topological polar surface area (TPSA) is 88.2 Å². The van der Waals surface area contributed by atoms with Gasteiger partial charge in [-0.3, -0.25) is 9.78 Å². The van der Waals surface area contributed by atoms with E-state index in [1.165, 1.54) is 0 Å². The van der Waals surface area contributed by atoms with Gasteiger partial charge in [-0.1, -0.05) is 0 Å². The highest BCUT2D eigenvalue weighted by atomic mass is 32.2. The van der Waals surface area contributed by atoms with Gasteiger partial charge < -0.3 is 10.6 Å². The Balaban J connectivity index is 1.68. The summed E-state index contributed by atoms with van der Waals surface area (Å²) in [6.45, 7) is 0.762. The van der Waals surface area contributed by atoms with E-state index in [0.29, 0.717) is 13.0 Å². The molecule has 7 heteroatoms. The molecule has 2 rings (SSSR count). The normalized spacial score (nSPS) is 21.2. The van der Waals surface area contributed by atoms with Gasteiger partial charge in [0.25, 0.3) is 0 Å². The molecule has 2 N–H and O–H groups in total. The van der Waals surface area contributed by atoms with E-state index in [4.69, 9.17) is 0 Å². The molecule has 2 heterocycles. The summed E-state index contributed by atoms with van der Waals surface area (Å²) in [6, 6.07) is 3.50. The van der Waals surface area contributed by atoms with Crippen LogP contribution in [0, 0.1) is 0 Å². The number of hydrogen-bond acceptors (Lipinski definition) is 5. The number of carbonyl (C=O) groups excluding carboxylic acids is 1. The summed E-state index contributed by atoms with van der Waals surface area (Å²) in [5, 5.41) is 5.73. The second kappa shape index (κ2) is 6.12. The zero-order valence-corrected chi connectivity index (χ0v) is 11.3. The average molecular weight is 283 g/mol. The van der Waals surface area contributed by atoms with Crippen LogP contribution in [0.3, 0.4) is 0 Å². The Kier molecular flexibility index (Phi) is 4.49.